The van der Waals surface area contributed by atoms with E-state index >= 15 is 0 Å². The van der Waals surface area contributed by atoms with Gasteiger partial charge in [0.1, 0.15) is 12.2 Å². The normalized spacial score (nSPS) is 10.7. The van der Waals surface area contributed by atoms with Crippen molar-refractivity contribution in [3.8, 4) is 0 Å². The second-order valence-electron chi connectivity index (χ2n) is 4.16. The molecule has 0 saturated carbocycles. The Hall–Kier alpha value is -2.21. The minimum atomic E-state index is -0.432. The largest absolute Gasteiger partial charge is 0.457 e. The monoisotopic (exact) mass is 331 g/mol. The van der Waals surface area contributed by atoms with Crippen molar-refractivity contribution in [1.82, 2.24) is 14.6 Å². The number of hydrogen-bond donors (Lipinski definition) is 0. The van der Waals surface area contributed by atoms with Gasteiger partial charge in [-0.05, 0) is 21.5 Å². The highest BCUT2D eigenvalue weighted by atomic mass is 79.9. The Morgan fingerprint density at radius 3 is 2.85 bits per heavy atom. The standard InChI is InChI=1S/C14H10BrN3O2/c15-11-6-16-13-12(7-17-18(13)8-11)14(19)20-9-10-4-2-1-3-5-10/h1-8H,9H2. The highest BCUT2D eigenvalue weighted by molar-refractivity contribution is 9.10. The molecule has 3 aromatic rings. The summed E-state index contributed by atoms with van der Waals surface area (Å²) in [6.07, 6.45) is 4.81. The molecule has 100 valence electrons. The van der Waals surface area contributed by atoms with Gasteiger partial charge in [-0.15, -0.1) is 0 Å². The Balaban J connectivity index is 1.79. The molecule has 0 unspecified atom stereocenters. The number of aromatic nitrogens is 3. The number of carbonyl (C=O) groups is 1. The van der Waals surface area contributed by atoms with Crippen molar-refractivity contribution in [2.75, 3.05) is 0 Å². The van der Waals surface area contributed by atoms with Crippen LogP contribution < -0.4 is 0 Å². The first-order chi connectivity index (χ1) is 9.74. The molecule has 0 fully saturated rings. The highest BCUT2D eigenvalue weighted by Crippen LogP contribution is 2.14. The lowest BCUT2D eigenvalue weighted by molar-refractivity contribution is 0.0475. The van der Waals surface area contributed by atoms with Gasteiger partial charge in [-0.2, -0.15) is 5.10 Å². The molecule has 2 heterocycles. The molecule has 0 bridgehead atoms. The zero-order valence-corrected chi connectivity index (χ0v) is 11.9. The molecule has 20 heavy (non-hydrogen) atoms. The molecule has 0 spiro atoms. The summed E-state index contributed by atoms with van der Waals surface area (Å²) in [5.41, 5.74) is 1.77. The number of benzene rings is 1. The summed E-state index contributed by atoms with van der Waals surface area (Å²) in [6.45, 7) is 0.230. The molecule has 0 N–H and O–H groups in total. The van der Waals surface area contributed by atoms with E-state index < -0.39 is 5.97 Å². The summed E-state index contributed by atoms with van der Waals surface area (Å²) in [5.74, 6) is -0.432. The molecule has 0 aliphatic heterocycles. The molecule has 0 aliphatic carbocycles. The quantitative estimate of drug-likeness (QED) is 0.692. The van der Waals surface area contributed by atoms with Crippen LogP contribution in [-0.4, -0.2) is 20.6 Å². The second-order valence-corrected chi connectivity index (χ2v) is 5.08. The Kier molecular flexibility index (Phi) is 3.47. The van der Waals surface area contributed by atoms with Gasteiger partial charge in [-0.3, -0.25) is 0 Å². The van der Waals surface area contributed by atoms with Crippen LogP contribution >= 0.6 is 15.9 Å². The molecule has 0 radical (unpaired) electrons. The number of rotatable bonds is 3. The second kappa shape index (κ2) is 5.42. The molecular weight excluding hydrogens is 322 g/mol. The van der Waals surface area contributed by atoms with Crippen LogP contribution in [0.5, 0.6) is 0 Å². The first-order valence-electron chi connectivity index (χ1n) is 5.94. The number of ether oxygens (including phenoxy) is 1. The average molecular weight is 332 g/mol. The van der Waals surface area contributed by atoms with E-state index in [-0.39, 0.29) is 6.61 Å². The maximum Gasteiger partial charge on any atom is 0.343 e. The van der Waals surface area contributed by atoms with Crippen molar-refractivity contribution in [3.05, 3.63) is 64.5 Å². The number of nitrogens with zero attached hydrogens (tertiary/aromatic N) is 3. The summed E-state index contributed by atoms with van der Waals surface area (Å²) >= 11 is 3.30. The first-order valence-corrected chi connectivity index (χ1v) is 6.73. The van der Waals surface area contributed by atoms with Gasteiger partial charge < -0.3 is 4.74 Å². The fourth-order valence-corrected chi connectivity index (χ4v) is 2.09. The number of halogens is 1. The van der Waals surface area contributed by atoms with Crippen LogP contribution in [0.4, 0.5) is 0 Å². The van der Waals surface area contributed by atoms with Gasteiger partial charge >= 0.3 is 5.97 Å². The van der Waals surface area contributed by atoms with Crippen LogP contribution in [-0.2, 0) is 11.3 Å². The summed E-state index contributed by atoms with van der Waals surface area (Å²) in [5, 5.41) is 4.08. The van der Waals surface area contributed by atoms with Gasteiger partial charge in [-0.25, -0.2) is 14.3 Å². The van der Waals surface area contributed by atoms with Crippen molar-refractivity contribution in [1.29, 1.82) is 0 Å². The smallest absolute Gasteiger partial charge is 0.343 e. The van der Waals surface area contributed by atoms with E-state index in [0.29, 0.717) is 11.2 Å². The lowest BCUT2D eigenvalue weighted by Crippen LogP contribution is -2.05. The third kappa shape index (κ3) is 2.55. The molecule has 2 aromatic heterocycles. The maximum absolute atomic E-state index is 12.1. The van der Waals surface area contributed by atoms with Crippen molar-refractivity contribution >= 4 is 27.5 Å². The van der Waals surface area contributed by atoms with Crippen molar-refractivity contribution in [2.24, 2.45) is 0 Å². The minimum absolute atomic E-state index is 0.230. The molecule has 0 amide bonds. The summed E-state index contributed by atoms with van der Waals surface area (Å²) in [7, 11) is 0. The zero-order valence-electron chi connectivity index (χ0n) is 10.4. The van der Waals surface area contributed by atoms with E-state index in [4.69, 9.17) is 4.74 Å². The molecule has 0 saturated heterocycles. The van der Waals surface area contributed by atoms with Crippen LogP contribution in [0.25, 0.3) is 5.65 Å². The highest BCUT2D eigenvalue weighted by Gasteiger charge is 2.15. The van der Waals surface area contributed by atoms with Gasteiger partial charge in [0.25, 0.3) is 0 Å². The molecule has 3 rings (SSSR count). The predicted molar refractivity (Wildman–Crippen MR) is 76.2 cm³/mol. The molecular formula is C14H10BrN3O2. The fourth-order valence-electron chi connectivity index (χ4n) is 1.80. The van der Waals surface area contributed by atoms with Crippen molar-refractivity contribution in [3.63, 3.8) is 0 Å². The van der Waals surface area contributed by atoms with Gasteiger partial charge in [0, 0.05) is 12.4 Å². The fraction of sp³-hybridized carbons (Fsp3) is 0.0714. The Bertz CT molecular complexity index is 755. The van der Waals surface area contributed by atoms with Crippen molar-refractivity contribution in [2.45, 2.75) is 6.61 Å². The number of fused-ring (bicyclic) bond motifs is 1. The first kappa shape index (κ1) is 12.8. The molecule has 5 nitrogen and oxygen atoms in total. The van der Waals surface area contributed by atoms with Crippen LogP contribution in [0.15, 0.2) is 53.4 Å². The van der Waals surface area contributed by atoms with Gasteiger partial charge in [0.2, 0.25) is 0 Å². The minimum Gasteiger partial charge on any atom is -0.457 e. The summed E-state index contributed by atoms with van der Waals surface area (Å²) in [6, 6.07) is 9.52. The number of esters is 1. The van der Waals surface area contributed by atoms with E-state index in [9.17, 15) is 4.79 Å². The van der Waals surface area contributed by atoms with Crippen LogP contribution in [0.2, 0.25) is 0 Å². The van der Waals surface area contributed by atoms with Gasteiger partial charge in [-0.1, -0.05) is 30.3 Å². The van der Waals surface area contributed by atoms with E-state index in [1.807, 2.05) is 30.3 Å². The van der Waals surface area contributed by atoms with Crippen LogP contribution in [0.3, 0.4) is 0 Å². The maximum atomic E-state index is 12.1. The van der Waals surface area contributed by atoms with E-state index in [1.165, 1.54) is 10.7 Å². The molecule has 0 aliphatic rings. The lowest BCUT2D eigenvalue weighted by atomic mass is 10.2. The molecule has 0 atom stereocenters. The Morgan fingerprint density at radius 2 is 2.05 bits per heavy atom. The van der Waals surface area contributed by atoms with Crippen LogP contribution in [0.1, 0.15) is 15.9 Å². The van der Waals surface area contributed by atoms with Gasteiger partial charge in [0.05, 0.1) is 10.7 Å². The molecule has 6 heteroatoms. The molecule has 1 aromatic carbocycles. The number of hydrogen-bond acceptors (Lipinski definition) is 4. The average Bonchev–Trinajstić information content (AvgIpc) is 2.89. The zero-order chi connectivity index (χ0) is 13.9. The van der Waals surface area contributed by atoms with Crippen molar-refractivity contribution < 1.29 is 9.53 Å². The number of carbonyl (C=O) groups excluding carboxylic acids is 1. The third-order valence-corrected chi connectivity index (χ3v) is 3.17. The van der Waals surface area contributed by atoms with Crippen LogP contribution in [0, 0.1) is 0 Å². The Morgan fingerprint density at radius 1 is 1.25 bits per heavy atom. The summed E-state index contributed by atoms with van der Waals surface area (Å²) < 4.78 is 7.59. The lowest BCUT2D eigenvalue weighted by Gasteiger charge is -2.03. The SMILES string of the molecule is O=C(OCc1ccccc1)c1cnn2cc(Br)cnc12. The van der Waals surface area contributed by atoms with E-state index in [0.717, 1.165) is 10.0 Å². The topological polar surface area (TPSA) is 56.5 Å². The third-order valence-electron chi connectivity index (χ3n) is 2.76. The predicted octanol–water partition coefficient (Wildman–Crippen LogP) is 2.85. The van der Waals surface area contributed by atoms with E-state index in [1.54, 1.807) is 12.4 Å². The van der Waals surface area contributed by atoms with Gasteiger partial charge in [0.15, 0.2) is 5.65 Å². The summed E-state index contributed by atoms with van der Waals surface area (Å²) in [4.78, 5) is 16.2. The van der Waals surface area contributed by atoms with E-state index in [2.05, 4.69) is 26.0 Å². The Labute approximate surface area is 123 Å².